The van der Waals surface area contributed by atoms with Crippen molar-refractivity contribution in [3.05, 3.63) is 0 Å². The summed E-state index contributed by atoms with van der Waals surface area (Å²) < 4.78 is 9.97. The molecule has 0 spiro atoms. The molecule has 0 aromatic carbocycles. The van der Waals surface area contributed by atoms with Crippen molar-refractivity contribution in [2.24, 2.45) is 0 Å². The Morgan fingerprint density at radius 1 is 0.857 bits per heavy atom. The Bertz CT molecular complexity index is 414. The SMILES string of the molecule is CC(C)(C)OC(=O)CC(O)(CC(=O)O)C(=O)OC(C)(C)C. The van der Waals surface area contributed by atoms with Crippen LogP contribution in [0.2, 0.25) is 0 Å². The molecular weight excluding hydrogens is 280 g/mol. The van der Waals surface area contributed by atoms with E-state index in [0.29, 0.717) is 0 Å². The van der Waals surface area contributed by atoms with Crippen LogP contribution in [0.1, 0.15) is 54.4 Å². The topological polar surface area (TPSA) is 110 Å². The fourth-order valence-corrected chi connectivity index (χ4v) is 1.45. The van der Waals surface area contributed by atoms with Crippen LogP contribution in [0.3, 0.4) is 0 Å². The van der Waals surface area contributed by atoms with Gasteiger partial charge in [0.2, 0.25) is 0 Å². The van der Waals surface area contributed by atoms with Crippen LogP contribution in [0.25, 0.3) is 0 Å². The first-order valence-corrected chi connectivity index (χ1v) is 6.54. The molecule has 7 nitrogen and oxygen atoms in total. The number of rotatable bonds is 5. The number of ether oxygens (including phenoxy) is 2. The van der Waals surface area contributed by atoms with Crippen molar-refractivity contribution in [3.63, 3.8) is 0 Å². The summed E-state index contributed by atoms with van der Waals surface area (Å²) in [5.74, 6) is -3.47. The summed E-state index contributed by atoms with van der Waals surface area (Å²) in [7, 11) is 0. The Hall–Kier alpha value is -1.63. The van der Waals surface area contributed by atoms with E-state index >= 15 is 0 Å². The predicted molar refractivity (Wildman–Crippen MR) is 73.5 cm³/mol. The van der Waals surface area contributed by atoms with Gasteiger partial charge in [0, 0.05) is 0 Å². The smallest absolute Gasteiger partial charge is 0.339 e. The summed E-state index contributed by atoms with van der Waals surface area (Å²) in [5, 5.41) is 19.0. The lowest BCUT2D eigenvalue weighted by molar-refractivity contribution is -0.187. The molecule has 0 rings (SSSR count). The number of carbonyl (C=O) groups excluding carboxylic acids is 2. The third-order valence-electron chi connectivity index (χ3n) is 2.08. The van der Waals surface area contributed by atoms with Crippen molar-refractivity contribution in [3.8, 4) is 0 Å². The predicted octanol–water partition coefficient (Wildman–Crippen LogP) is 1.27. The lowest BCUT2D eigenvalue weighted by Crippen LogP contribution is -2.47. The van der Waals surface area contributed by atoms with Crippen LogP contribution in [0.5, 0.6) is 0 Å². The van der Waals surface area contributed by atoms with Crippen molar-refractivity contribution in [1.82, 2.24) is 0 Å². The number of aliphatic hydroxyl groups is 1. The zero-order valence-electron chi connectivity index (χ0n) is 13.3. The van der Waals surface area contributed by atoms with E-state index in [0.717, 1.165) is 0 Å². The minimum Gasteiger partial charge on any atom is -0.481 e. The van der Waals surface area contributed by atoms with Crippen molar-refractivity contribution in [1.29, 1.82) is 0 Å². The van der Waals surface area contributed by atoms with Gasteiger partial charge in [0.05, 0.1) is 12.8 Å². The van der Waals surface area contributed by atoms with Crippen LogP contribution in [0, 0.1) is 0 Å². The maximum atomic E-state index is 12.0. The van der Waals surface area contributed by atoms with Crippen LogP contribution in [-0.4, -0.2) is 44.9 Å². The number of hydrogen-bond acceptors (Lipinski definition) is 6. The van der Waals surface area contributed by atoms with Crippen LogP contribution in [0.4, 0.5) is 0 Å². The first kappa shape index (κ1) is 19.4. The molecule has 0 saturated carbocycles. The molecule has 0 bridgehead atoms. The summed E-state index contributed by atoms with van der Waals surface area (Å²) in [6, 6.07) is 0. The lowest BCUT2D eigenvalue weighted by Gasteiger charge is -2.29. The van der Waals surface area contributed by atoms with Gasteiger partial charge in [-0.3, -0.25) is 9.59 Å². The second-order valence-electron chi connectivity index (χ2n) is 6.87. The van der Waals surface area contributed by atoms with E-state index < -0.39 is 47.6 Å². The first-order valence-electron chi connectivity index (χ1n) is 6.54. The van der Waals surface area contributed by atoms with Crippen LogP contribution >= 0.6 is 0 Å². The van der Waals surface area contributed by atoms with E-state index in [4.69, 9.17) is 14.6 Å². The Kier molecular flexibility index (Phi) is 5.93. The number of hydrogen-bond donors (Lipinski definition) is 2. The van der Waals surface area contributed by atoms with Gasteiger partial charge in [-0.25, -0.2) is 4.79 Å². The van der Waals surface area contributed by atoms with Gasteiger partial charge in [-0.05, 0) is 41.5 Å². The maximum absolute atomic E-state index is 12.0. The molecule has 0 aromatic rings. The third-order valence-corrected chi connectivity index (χ3v) is 2.08. The Labute approximate surface area is 124 Å². The van der Waals surface area contributed by atoms with E-state index in [-0.39, 0.29) is 0 Å². The van der Waals surface area contributed by atoms with Crippen LogP contribution in [0.15, 0.2) is 0 Å². The molecule has 0 aromatic heterocycles. The number of aliphatic carboxylic acids is 1. The van der Waals surface area contributed by atoms with E-state index in [9.17, 15) is 19.5 Å². The van der Waals surface area contributed by atoms with Crippen molar-refractivity contribution < 1.29 is 34.1 Å². The Balaban J connectivity index is 5.13. The highest BCUT2D eigenvalue weighted by molar-refractivity contribution is 5.89. The van der Waals surface area contributed by atoms with Gasteiger partial charge >= 0.3 is 17.9 Å². The highest BCUT2D eigenvalue weighted by Crippen LogP contribution is 2.23. The number of carboxylic acid groups (broad SMARTS) is 1. The summed E-state index contributed by atoms with van der Waals surface area (Å²) in [6.45, 7) is 9.57. The molecule has 21 heavy (non-hydrogen) atoms. The van der Waals surface area contributed by atoms with E-state index in [1.807, 2.05) is 0 Å². The number of carbonyl (C=O) groups is 3. The molecule has 0 heterocycles. The third kappa shape index (κ3) is 8.29. The van der Waals surface area contributed by atoms with Gasteiger partial charge in [0.15, 0.2) is 5.60 Å². The highest BCUT2D eigenvalue weighted by Gasteiger charge is 2.44. The zero-order valence-corrected chi connectivity index (χ0v) is 13.3. The minimum atomic E-state index is -2.46. The molecule has 0 radical (unpaired) electrons. The van der Waals surface area contributed by atoms with Gasteiger partial charge in [0.1, 0.15) is 11.2 Å². The van der Waals surface area contributed by atoms with E-state index in [1.54, 1.807) is 41.5 Å². The van der Waals surface area contributed by atoms with Crippen molar-refractivity contribution in [2.75, 3.05) is 0 Å². The zero-order chi connectivity index (χ0) is 17.1. The summed E-state index contributed by atoms with van der Waals surface area (Å²) >= 11 is 0. The normalized spacial score (nSPS) is 15.0. The molecule has 0 aliphatic carbocycles. The molecule has 122 valence electrons. The van der Waals surface area contributed by atoms with Gasteiger partial charge in [-0.2, -0.15) is 0 Å². The van der Waals surface area contributed by atoms with E-state index in [2.05, 4.69) is 0 Å². The second-order valence-corrected chi connectivity index (χ2v) is 6.87. The first-order chi connectivity index (χ1) is 9.15. The molecule has 2 N–H and O–H groups in total. The average Bonchev–Trinajstić information content (AvgIpc) is 2.08. The Morgan fingerprint density at radius 3 is 1.62 bits per heavy atom. The van der Waals surface area contributed by atoms with Crippen LogP contribution in [-0.2, 0) is 23.9 Å². The summed E-state index contributed by atoms with van der Waals surface area (Å²) in [4.78, 5) is 34.5. The van der Waals surface area contributed by atoms with Gasteiger partial charge < -0.3 is 19.7 Å². The second kappa shape index (κ2) is 6.43. The summed E-state index contributed by atoms with van der Waals surface area (Å²) in [6.07, 6.45) is -1.73. The number of carboxylic acids is 1. The quantitative estimate of drug-likeness (QED) is 0.736. The molecule has 0 aliphatic rings. The van der Waals surface area contributed by atoms with Gasteiger partial charge in [-0.1, -0.05) is 0 Å². The standard InChI is InChI=1S/C14H24O7/c1-12(2,3)20-10(17)8-14(19,7-9(15)16)11(18)21-13(4,5)6/h19H,7-8H2,1-6H3,(H,15,16). The Morgan fingerprint density at radius 2 is 1.29 bits per heavy atom. The fourth-order valence-electron chi connectivity index (χ4n) is 1.45. The molecule has 0 aliphatic heterocycles. The average molecular weight is 304 g/mol. The van der Waals surface area contributed by atoms with Gasteiger partial charge in [-0.15, -0.1) is 0 Å². The minimum absolute atomic E-state index is 0.786. The molecule has 0 fully saturated rings. The maximum Gasteiger partial charge on any atom is 0.339 e. The fraction of sp³-hybridized carbons (Fsp3) is 0.786. The molecule has 7 heteroatoms. The van der Waals surface area contributed by atoms with Gasteiger partial charge in [0.25, 0.3) is 0 Å². The largest absolute Gasteiger partial charge is 0.481 e. The lowest BCUT2D eigenvalue weighted by atomic mass is 9.95. The van der Waals surface area contributed by atoms with E-state index in [1.165, 1.54) is 0 Å². The number of esters is 2. The molecule has 1 unspecified atom stereocenters. The highest BCUT2D eigenvalue weighted by atomic mass is 16.6. The van der Waals surface area contributed by atoms with Crippen molar-refractivity contribution in [2.45, 2.75) is 71.2 Å². The molecule has 0 amide bonds. The molecule has 1 atom stereocenters. The molecule has 0 saturated heterocycles. The van der Waals surface area contributed by atoms with Crippen molar-refractivity contribution >= 4 is 17.9 Å². The monoisotopic (exact) mass is 304 g/mol. The summed E-state index contributed by atoms with van der Waals surface area (Å²) in [5.41, 5.74) is -4.19. The molecular formula is C14H24O7. The van der Waals surface area contributed by atoms with Crippen LogP contribution < -0.4 is 0 Å².